The molecule has 3 N–H and O–H groups in total. The highest BCUT2D eigenvalue weighted by molar-refractivity contribution is 7.89. The lowest BCUT2D eigenvalue weighted by molar-refractivity contribution is -0.118. The second kappa shape index (κ2) is 8.72. The van der Waals surface area contributed by atoms with Crippen LogP contribution in [0.1, 0.15) is 10.4 Å². The summed E-state index contributed by atoms with van der Waals surface area (Å²) in [5, 5.41) is 2.58. The molecule has 0 radical (unpaired) electrons. The second-order valence-corrected chi connectivity index (χ2v) is 8.03. The van der Waals surface area contributed by atoms with Crippen molar-refractivity contribution in [2.45, 2.75) is 4.90 Å². The summed E-state index contributed by atoms with van der Waals surface area (Å²) in [6, 6.07) is 10.2. The molecule has 0 bridgehead atoms. The standard InChI is InChI=1S/C18H21N3O6S/c1-21(2)28(24,25)14-7-4-12(5-8-14)20-17(22)11-27-16-10-13(26-3)6-9-15(16)18(19)23/h4-10H,11H2,1-3H3,(H2,19,23)(H,20,22). The molecule has 0 unspecified atom stereocenters. The van der Waals surface area contributed by atoms with E-state index in [0.717, 1.165) is 4.31 Å². The van der Waals surface area contributed by atoms with Crippen LogP contribution in [0.15, 0.2) is 47.4 Å². The first-order chi connectivity index (χ1) is 13.1. The number of benzene rings is 2. The molecule has 2 aromatic carbocycles. The Kier molecular flexibility index (Phi) is 6.60. The van der Waals surface area contributed by atoms with Crippen LogP contribution in [0.5, 0.6) is 11.5 Å². The van der Waals surface area contributed by atoms with Crippen LogP contribution >= 0.6 is 0 Å². The van der Waals surface area contributed by atoms with E-state index < -0.39 is 21.8 Å². The van der Waals surface area contributed by atoms with Crippen molar-refractivity contribution in [1.82, 2.24) is 4.31 Å². The van der Waals surface area contributed by atoms with Gasteiger partial charge >= 0.3 is 0 Å². The highest BCUT2D eigenvalue weighted by Gasteiger charge is 2.17. The van der Waals surface area contributed by atoms with Crippen LogP contribution in [-0.2, 0) is 14.8 Å². The fraction of sp³-hybridized carbons (Fsp3) is 0.222. The number of sulfonamides is 1. The van der Waals surface area contributed by atoms with E-state index in [4.69, 9.17) is 15.2 Å². The van der Waals surface area contributed by atoms with Gasteiger partial charge < -0.3 is 20.5 Å². The summed E-state index contributed by atoms with van der Waals surface area (Å²) < 4.78 is 35.6. The van der Waals surface area contributed by atoms with Crippen molar-refractivity contribution in [2.24, 2.45) is 5.73 Å². The molecule has 2 amide bonds. The number of nitrogens with zero attached hydrogens (tertiary/aromatic N) is 1. The Morgan fingerprint density at radius 3 is 2.29 bits per heavy atom. The largest absolute Gasteiger partial charge is 0.497 e. The van der Waals surface area contributed by atoms with E-state index in [1.807, 2.05) is 0 Å². The first kappa shape index (κ1) is 21.2. The molecular formula is C18H21N3O6S. The molecule has 0 saturated carbocycles. The number of nitrogens with two attached hydrogens (primary N) is 1. The van der Waals surface area contributed by atoms with Gasteiger partial charge in [-0.1, -0.05) is 0 Å². The Labute approximate surface area is 163 Å². The van der Waals surface area contributed by atoms with E-state index in [0.29, 0.717) is 11.4 Å². The molecule has 0 aliphatic heterocycles. The third-order valence-corrected chi connectivity index (χ3v) is 5.56. The van der Waals surface area contributed by atoms with E-state index in [1.165, 1.54) is 57.6 Å². The molecular weight excluding hydrogens is 386 g/mol. The van der Waals surface area contributed by atoms with Gasteiger partial charge in [0.15, 0.2) is 6.61 Å². The highest BCUT2D eigenvalue weighted by atomic mass is 32.2. The number of ether oxygens (including phenoxy) is 2. The molecule has 0 heterocycles. The Morgan fingerprint density at radius 1 is 1.11 bits per heavy atom. The first-order valence-corrected chi connectivity index (χ1v) is 9.52. The minimum Gasteiger partial charge on any atom is -0.497 e. The molecule has 0 saturated heterocycles. The third-order valence-electron chi connectivity index (χ3n) is 3.73. The molecule has 10 heteroatoms. The number of methoxy groups -OCH3 is 1. The lowest BCUT2D eigenvalue weighted by Gasteiger charge is -2.13. The molecule has 0 fully saturated rings. The maximum Gasteiger partial charge on any atom is 0.262 e. The normalized spacial score (nSPS) is 11.1. The summed E-state index contributed by atoms with van der Waals surface area (Å²) in [5.41, 5.74) is 5.81. The molecule has 0 aliphatic rings. The Bertz CT molecular complexity index is 971. The van der Waals surface area contributed by atoms with Crippen molar-refractivity contribution in [1.29, 1.82) is 0 Å². The molecule has 2 aromatic rings. The van der Waals surface area contributed by atoms with Crippen molar-refractivity contribution < 1.29 is 27.5 Å². The number of rotatable bonds is 8. The van der Waals surface area contributed by atoms with Gasteiger partial charge in [0.25, 0.3) is 11.8 Å². The number of amides is 2. The number of hydrogen-bond donors (Lipinski definition) is 2. The highest BCUT2D eigenvalue weighted by Crippen LogP contribution is 2.24. The second-order valence-electron chi connectivity index (χ2n) is 5.87. The van der Waals surface area contributed by atoms with Gasteiger partial charge in [0, 0.05) is 25.8 Å². The molecule has 28 heavy (non-hydrogen) atoms. The topological polar surface area (TPSA) is 128 Å². The summed E-state index contributed by atoms with van der Waals surface area (Å²) in [6.07, 6.45) is 0. The summed E-state index contributed by atoms with van der Waals surface area (Å²) in [4.78, 5) is 23.7. The number of anilines is 1. The fourth-order valence-corrected chi connectivity index (χ4v) is 3.12. The average Bonchev–Trinajstić information content (AvgIpc) is 2.66. The Balaban J connectivity index is 2.05. The summed E-state index contributed by atoms with van der Waals surface area (Å²) in [6.45, 7) is -0.384. The van der Waals surface area contributed by atoms with E-state index in [2.05, 4.69) is 5.32 Å². The van der Waals surface area contributed by atoms with E-state index in [-0.39, 0.29) is 22.8 Å². The fourth-order valence-electron chi connectivity index (χ4n) is 2.21. The molecule has 0 aliphatic carbocycles. The van der Waals surface area contributed by atoms with Gasteiger partial charge in [-0.15, -0.1) is 0 Å². The Hall–Kier alpha value is -3.11. The van der Waals surface area contributed by atoms with Crippen LogP contribution in [0.3, 0.4) is 0 Å². The molecule has 0 atom stereocenters. The quantitative estimate of drug-likeness (QED) is 0.673. The number of carbonyl (C=O) groups excluding carboxylic acids is 2. The summed E-state index contributed by atoms with van der Waals surface area (Å²) >= 11 is 0. The predicted molar refractivity (Wildman–Crippen MR) is 103 cm³/mol. The lowest BCUT2D eigenvalue weighted by atomic mass is 10.2. The third kappa shape index (κ3) is 4.99. The van der Waals surface area contributed by atoms with Gasteiger partial charge in [0.05, 0.1) is 17.6 Å². The summed E-state index contributed by atoms with van der Waals surface area (Å²) in [7, 11) is 0.770. The van der Waals surface area contributed by atoms with Crippen LogP contribution in [0, 0.1) is 0 Å². The van der Waals surface area contributed by atoms with Gasteiger partial charge in [0.1, 0.15) is 11.5 Å². The van der Waals surface area contributed by atoms with Crippen molar-refractivity contribution in [3.05, 3.63) is 48.0 Å². The van der Waals surface area contributed by atoms with E-state index >= 15 is 0 Å². The van der Waals surface area contributed by atoms with Crippen LogP contribution in [0.2, 0.25) is 0 Å². The Morgan fingerprint density at radius 2 is 1.75 bits per heavy atom. The monoisotopic (exact) mass is 407 g/mol. The van der Waals surface area contributed by atoms with Crippen molar-refractivity contribution >= 4 is 27.5 Å². The zero-order valence-electron chi connectivity index (χ0n) is 15.6. The minimum absolute atomic E-state index is 0.106. The molecule has 0 spiro atoms. The average molecular weight is 407 g/mol. The smallest absolute Gasteiger partial charge is 0.262 e. The number of nitrogens with one attached hydrogen (secondary N) is 1. The number of carbonyl (C=O) groups is 2. The van der Waals surface area contributed by atoms with Crippen LogP contribution in [0.4, 0.5) is 5.69 Å². The van der Waals surface area contributed by atoms with Crippen molar-refractivity contribution in [2.75, 3.05) is 33.1 Å². The predicted octanol–water partition coefficient (Wildman–Crippen LogP) is 1.06. The van der Waals surface area contributed by atoms with E-state index in [9.17, 15) is 18.0 Å². The van der Waals surface area contributed by atoms with Crippen molar-refractivity contribution in [3.63, 3.8) is 0 Å². The van der Waals surface area contributed by atoms with Crippen LogP contribution in [-0.4, -0.2) is 52.3 Å². The number of primary amides is 1. The van der Waals surface area contributed by atoms with Gasteiger partial charge in [0.2, 0.25) is 10.0 Å². The minimum atomic E-state index is -3.55. The van der Waals surface area contributed by atoms with E-state index in [1.54, 1.807) is 6.07 Å². The molecule has 9 nitrogen and oxygen atoms in total. The first-order valence-electron chi connectivity index (χ1n) is 8.08. The van der Waals surface area contributed by atoms with Crippen LogP contribution in [0.25, 0.3) is 0 Å². The zero-order chi connectivity index (χ0) is 20.9. The lowest BCUT2D eigenvalue weighted by Crippen LogP contribution is -2.23. The van der Waals surface area contributed by atoms with Gasteiger partial charge in [-0.05, 0) is 36.4 Å². The molecule has 0 aromatic heterocycles. The summed E-state index contributed by atoms with van der Waals surface area (Å²) in [5.74, 6) is -0.635. The number of hydrogen-bond acceptors (Lipinski definition) is 6. The molecule has 2 rings (SSSR count). The van der Waals surface area contributed by atoms with Gasteiger partial charge in [-0.25, -0.2) is 12.7 Å². The molecule has 150 valence electrons. The zero-order valence-corrected chi connectivity index (χ0v) is 16.4. The SMILES string of the molecule is COc1ccc(C(N)=O)c(OCC(=O)Nc2ccc(S(=O)(=O)N(C)C)cc2)c1. The van der Waals surface area contributed by atoms with Gasteiger partial charge in [-0.2, -0.15) is 0 Å². The maximum atomic E-state index is 12.1. The maximum absolute atomic E-state index is 12.1. The van der Waals surface area contributed by atoms with Gasteiger partial charge in [-0.3, -0.25) is 9.59 Å². The van der Waals surface area contributed by atoms with Crippen LogP contribution < -0.4 is 20.5 Å². The van der Waals surface area contributed by atoms with Crippen molar-refractivity contribution in [3.8, 4) is 11.5 Å².